The summed E-state index contributed by atoms with van der Waals surface area (Å²) < 4.78 is 6.01. The fraction of sp³-hybridized carbons (Fsp3) is 0.900. The fourth-order valence-corrected chi connectivity index (χ4v) is 2.60. The Morgan fingerprint density at radius 1 is 1.47 bits per heavy atom. The molecule has 15 heavy (non-hydrogen) atoms. The normalized spacial score (nSPS) is 23.7. The summed E-state index contributed by atoms with van der Waals surface area (Å²) in [7, 11) is -1.84. The van der Waals surface area contributed by atoms with Gasteiger partial charge in [-0.25, -0.2) is 5.84 Å². The monoisotopic (exact) mass is 230 g/mol. The zero-order chi connectivity index (χ0) is 11.9. The van der Waals surface area contributed by atoms with Crippen LogP contribution in [0, 0.1) is 0 Å². The predicted octanol–water partition coefficient (Wildman–Crippen LogP) is 1.48. The third-order valence-corrected chi connectivity index (χ3v) is 7.92. The molecule has 88 valence electrons. The van der Waals surface area contributed by atoms with E-state index in [0.29, 0.717) is 6.54 Å². The Balaban J connectivity index is 2.67. The molecular formula is C10H22N2O2Si. The van der Waals surface area contributed by atoms with Gasteiger partial charge < -0.3 is 4.43 Å². The van der Waals surface area contributed by atoms with Crippen molar-refractivity contribution in [3.05, 3.63) is 0 Å². The van der Waals surface area contributed by atoms with Gasteiger partial charge >= 0.3 is 0 Å². The number of hydrogen-bond acceptors (Lipinski definition) is 3. The van der Waals surface area contributed by atoms with E-state index in [9.17, 15) is 4.79 Å². The fourth-order valence-electron chi connectivity index (χ4n) is 1.32. The molecule has 0 spiro atoms. The van der Waals surface area contributed by atoms with Gasteiger partial charge in [0.05, 0.1) is 0 Å². The highest BCUT2D eigenvalue weighted by molar-refractivity contribution is 6.74. The summed E-state index contributed by atoms with van der Waals surface area (Å²) in [4.78, 5) is 11.6. The van der Waals surface area contributed by atoms with Gasteiger partial charge in [-0.1, -0.05) is 20.8 Å². The molecule has 1 fully saturated rings. The molecule has 2 N–H and O–H groups in total. The summed E-state index contributed by atoms with van der Waals surface area (Å²) >= 11 is 0. The molecule has 0 aromatic rings. The van der Waals surface area contributed by atoms with Crippen molar-refractivity contribution < 1.29 is 9.22 Å². The second-order valence-corrected chi connectivity index (χ2v) is 10.4. The number of carbonyl (C=O) groups is 1. The Labute approximate surface area is 92.9 Å². The smallest absolute Gasteiger partial charge is 0.264 e. The lowest BCUT2D eigenvalue weighted by molar-refractivity contribution is -0.134. The van der Waals surface area contributed by atoms with Gasteiger partial charge in [0.25, 0.3) is 5.91 Å². The van der Waals surface area contributed by atoms with Crippen molar-refractivity contribution >= 4 is 14.2 Å². The Morgan fingerprint density at radius 3 is 2.33 bits per heavy atom. The number of hydrogen-bond donors (Lipinski definition) is 1. The molecule has 1 unspecified atom stereocenters. The molecule has 1 aliphatic heterocycles. The predicted molar refractivity (Wildman–Crippen MR) is 62.6 cm³/mol. The minimum absolute atomic E-state index is 0.0696. The van der Waals surface area contributed by atoms with Gasteiger partial charge in [0.15, 0.2) is 8.32 Å². The van der Waals surface area contributed by atoms with Crippen LogP contribution < -0.4 is 5.84 Å². The molecular weight excluding hydrogens is 208 g/mol. The van der Waals surface area contributed by atoms with Crippen molar-refractivity contribution in [2.45, 2.75) is 51.4 Å². The number of nitrogens with zero attached hydrogens (tertiary/aromatic N) is 1. The topological polar surface area (TPSA) is 55.6 Å². The van der Waals surface area contributed by atoms with Gasteiger partial charge in [-0.05, 0) is 18.1 Å². The molecule has 0 bridgehead atoms. The summed E-state index contributed by atoms with van der Waals surface area (Å²) in [6.07, 6.45) is 0.415. The first-order valence-corrected chi connectivity index (χ1v) is 8.30. The molecule has 4 nitrogen and oxygen atoms in total. The van der Waals surface area contributed by atoms with Crippen LogP contribution in [0.3, 0.4) is 0 Å². The van der Waals surface area contributed by atoms with E-state index >= 15 is 0 Å². The number of carbonyl (C=O) groups excluding carboxylic acids is 1. The van der Waals surface area contributed by atoms with E-state index in [1.54, 1.807) is 0 Å². The van der Waals surface area contributed by atoms with E-state index < -0.39 is 8.32 Å². The summed E-state index contributed by atoms with van der Waals surface area (Å²) in [5.74, 6) is 5.45. The largest absolute Gasteiger partial charge is 0.405 e. The first kappa shape index (κ1) is 12.7. The average molecular weight is 230 g/mol. The standard InChI is InChI=1S/C10H22N2O2Si/c1-10(2,3)15(4,5)14-8-6-7-12(11)9(8)13/h8H,6-7,11H2,1-5H3. The molecule has 1 heterocycles. The molecule has 5 heteroatoms. The van der Waals surface area contributed by atoms with Crippen LogP contribution in [-0.2, 0) is 9.22 Å². The Kier molecular flexibility index (Phi) is 3.28. The van der Waals surface area contributed by atoms with Gasteiger partial charge in [0.2, 0.25) is 0 Å². The molecule has 1 rings (SSSR count). The van der Waals surface area contributed by atoms with E-state index in [4.69, 9.17) is 10.3 Å². The Morgan fingerprint density at radius 2 is 2.00 bits per heavy atom. The average Bonchev–Trinajstić information content (AvgIpc) is 2.33. The highest BCUT2D eigenvalue weighted by atomic mass is 28.4. The van der Waals surface area contributed by atoms with Crippen LogP contribution in [-0.4, -0.2) is 31.9 Å². The summed E-state index contributed by atoms with van der Waals surface area (Å²) in [5.41, 5.74) is 0. The van der Waals surface area contributed by atoms with Crippen LogP contribution in [0.5, 0.6) is 0 Å². The summed E-state index contributed by atoms with van der Waals surface area (Å²) in [6, 6.07) is 0. The Bertz CT molecular complexity index is 261. The Hall–Kier alpha value is -0.393. The van der Waals surface area contributed by atoms with Gasteiger partial charge in [-0.3, -0.25) is 9.80 Å². The molecule has 0 aromatic carbocycles. The lowest BCUT2D eigenvalue weighted by atomic mass is 10.2. The van der Waals surface area contributed by atoms with Crippen LogP contribution in [0.1, 0.15) is 27.2 Å². The quantitative estimate of drug-likeness (QED) is 0.444. The van der Waals surface area contributed by atoms with E-state index in [1.165, 1.54) is 5.01 Å². The first-order chi connectivity index (χ1) is 6.65. The van der Waals surface area contributed by atoms with Crippen molar-refractivity contribution in [3.8, 4) is 0 Å². The van der Waals surface area contributed by atoms with Gasteiger partial charge in [-0.2, -0.15) is 0 Å². The first-order valence-electron chi connectivity index (χ1n) is 5.39. The lowest BCUT2D eigenvalue weighted by Crippen LogP contribution is -2.46. The SMILES string of the molecule is CC(C)(C)[Si](C)(C)OC1CCN(N)C1=O. The van der Waals surface area contributed by atoms with Crippen molar-refractivity contribution in [1.29, 1.82) is 0 Å². The molecule has 1 aliphatic rings. The van der Waals surface area contributed by atoms with Crippen molar-refractivity contribution in [3.63, 3.8) is 0 Å². The number of nitrogens with two attached hydrogens (primary N) is 1. The summed E-state index contributed by atoms with van der Waals surface area (Å²) in [5, 5.41) is 1.40. The maximum atomic E-state index is 11.6. The molecule has 1 atom stereocenters. The molecule has 0 radical (unpaired) electrons. The van der Waals surface area contributed by atoms with E-state index in [0.717, 1.165) is 6.42 Å². The highest BCUT2D eigenvalue weighted by Gasteiger charge is 2.42. The zero-order valence-electron chi connectivity index (χ0n) is 10.3. The number of rotatable bonds is 2. The second kappa shape index (κ2) is 3.88. The number of hydrazine groups is 1. The second-order valence-electron chi connectivity index (χ2n) is 5.69. The molecule has 0 aromatic heterocycles. The maximum absolute atomic E-state index is 11.6. The minimum Gasteiger partial charge on any atom is -0.405 e. The van der Waals surface area contributed by atoms with Gasteiger partial charge in [-0.15, -0.1) is 0 Å². The van der Waals surface area contributed by atoms with Crippen molar-refractivity contribution in [2.24, 2.45) is 5.84 Å². The molecule has 0 saturated carbocycles. The maximum Gasteiger partial charge on any atom is 0.264 e. The van der Waals surface area contributed by atoms with Crippen LogP contribution in [0.15, 0.2) is 0 Å². The van der Waals surface area contributed by atoms with Crippen LogP contribution in [0.4, 0.5) is 0 Å². The molecule has 1 amide bonds. The van der Waals surface area contributed by atoms with Crippen molar-refractivity contribution in [1.82, 2.24) is 5.01 Å². The van der Waals surface area contributed by atoms with E-state index in [1.807, 2.05) is 0 Å². The zero-order valence-corrected chi connectivity index (χ0v) is 11.3. The van der Waals surface area contributed by atoms with Crippen molar-refractivity contribution in [2.75, 3.05) is 6.54 Å². The highest BCUT2D eigenvalue weighted by Crippen LogP contribution is 2.38. The minimum atomic E-state index is -1.84. The van der Waals surface area contributed by atoms with E-state index in [-0.39, 0.29) is 17.0 Å². The number of amides is 1. The van der Waals surface area contributed by atoms with Crippen LogP contribution in [0.25, 0.3) is 0 Å². The van der Waals surface area contributed by atoms with Crippen LogP contribution in [0.2, 0.25) is 18.1 Å². The van der Waals surface area contributed by atoms with E-state index in [2.05, 4.69) is 33.9 Å². The van der Waals surface area contributed by atoms with Crippen LogP contribution >= 0.6 is 0 Å². The van der Waals surface area contributed by atoms with Gasteiger partial charge in [0.1, 0.15) is 6.10 Å². The third kappa shape index (κ3) is 2.59. The molecule has 1 saturated heterocycles. The third-order valence-electron chi connectivity index (χ3n) is 3.43. The molecule has 0 aliphatic carbocycles. The lowest BCUT2D eigenvalue weighted by Gasteiger charge is -2.37. The summed E-state index contributed by atoms with van der Waals surface area (Å²) in [6.45, 7) is 11.4. The van der Waals surface area contributed by atoms with Gasteiger partial charge in [0, 0.05) is 13.0 Å².